The Morgan fingerprint density at radius 3 is 2.44 bits per heavy atom. The van der Waals surface area contributed by atoms with Crippen molar-refractivity contribution in [3.8, 4) is 5.75 Å². The summed E-state index contributed by atoms with van der Waals surface area (Å²) in [5.74, 6) is -0.115. The minimum atomic E-state index is -0.209. The first-order chi connectivity index (χ1) is 7.40. The molecule has 16 heavy (non-hydrogen) atoms. The van der Waals surface area contributed by atoms with Gasteiger partial charge in [-0.1, -0.05) is 19.1 Å². The SMILES string of the molecule is CCC(C)(C)N(C)C(=O)c1ccccc1O. The largest absolute Gasteiger partial charge is 0.507 e. The summed E-state index contributed by atoms with van der Waals surface area (Å²) in [6.07, 6.45) is 0.864. The fourth-order valence-corrected chi connectivity index (χ4v) is 1.35. The third-order valence-electron chi connectivity index (χ3n) is 3.21. The summed E-state index contributed by atoms with van der Waals surface area (Å²) in [6, 6.07) is 6.62. The number of carbonyl (C=O) groups excluding carboxylic acids is 1. The molecule has 88 valence electrons. The highest BCUT2D eigenvalue weighted by Crippen LogP contribution is 2.23. The number of para-hydroxylation sites is 1. The van der Waals surface area contributed by atoms with Gasteiger partial charge in [0.25, 0.3) is 5.91 Å². The minimum Gasteiger partial charge on any atom is -0.507 e. The Kier molecular flexibility index (Phi) is 3.58. The molecule has 1 amide bonds. The number of carbonyl (C=O) groups is 1. The molecule has 1 N–H and O–H groups in total. The highest BCUT2D eigenvalue weighted by molar-refractivity contribution is 5.97. The molecule has 3 heteroatoms. The van der Waals surface area contributed by atoms with Gasteiger partial charge in [-0.15, -0.1) is 0 Å². The molecule has 0 unspecified atom stereocenters. The van der Waals surface area contributed by atoms with Crippen LogP contribution in [0.15, 0.2) is 24.3 Å². The lowest BCUT2D eigenvalue weighted by Crippen LogP contribution is -2.44. The number of nitrogens with zero attached hydrogens (tertiary/aromatic N) is 1. The first kappa shape index (κ1) is 12.6. The number of hydrogen-bond acceptors (Lipinski definition) is 2. The van der Waals surface area contributed by atoms with Gasteiger partial charge in [-0.05, 0) is 32.4 Å². The van der Waals surface area contributed by atoms with Gasteiger partial charge in [-0.25, -0.2) is 0 Å². The summed E-state index contributed by atoms with van der Waals surface area (Å²) in [6.45, 7) is 6.05. The molecule has 0 bridgehead atoms. The molecule has 1 rings (SSSR count). The van der Waals surface area contributed by atoms with Gasteiger partial charge in [0, 0.05) is 12.6 Å². The lowest BCUT2D eigenvalue weighted by atomic mass is 9.98. The predicted octanol–water partition coefficient (Wildman–Crippen LogP) is 2.65. The van der Waals surface area contributed by atoms with Crippen LogP contribution < -0.4 is 0 Å². The van der Waals surface area contributed by atoms with E-state index in [1.807, 2.05) is 20.8 Å². The highest BCUT2D eigenvalue weighted by Gasteiger charge is 2.27. The fraction of sp³-hybridized carbons (Fsp3) is 0.462. The summed E-state index contributed by atoms with van der Waals surface area (Å²) in [5.41, 5.74) is 0.144. The van der Waals surface area contributed by atoms with Crippen molar-refractivity contribution in [3.63, 3.8) is 0 Å². The van der Waals surface area contributed by atoms with Crippen molar-refractivity contribution in [2.24, 2.45) is 0 Å². The van der Waals surface area contributed by atoms with Gasteiger partial charge in [-0.2, -0.15) is 0 Å². The maximum Gasteiger partial charge on any atom is 0.257 e. The number of amides is 1. The molecule has 3 nitrogen and oxygen atoms in total. The number of aromatic hydroxyl groups is 1. The summed E-state index contributed by atoms with van der Waals surface area (Å²) >= 11 is 0. The molecular formula is C13H19NO2. The van der Waals surface area contributed by atoms with E-state index >= 15 is 0 Å². The van der Waals surface area contributed by atoms with Gasteiger partial charge in [0.15, 0.2) is 0 Å². The Balaban J connectivity index is 3.00. The van der Waals surface area contributed by atoms with Crippen LogP contribution in [-0.2, 0) is 0 Å². The van der Waals surface area contributed by atoms with Crippen LogP contribution in [0.3, 0.4) is 0 Å². The van der Waals surface area contributed by atoms with Crippen molar-refractivity contribution in [1.82, 2.24) is 4.90 Å². The van der Waals surface area contributed by atoms with Crippen LogP contribution in [0.5, 0.6) is 5.75 Å². The minimum absolute atomic E-state index is 0.0336. The van der Waals surface area contributed by atoms with E-state index in [9.17, 15) is 9.90 Å². The van der Waals surface area contributed by atoms with E-state index < -0.39 is 0 Å². The van der Waals surface area contributed by atoms with Gasteiger partial charge in [0.05, 0.1) is 5.56 Å². The van der Waals surface area contributed by atoms with Gasteiger partial charge >= 0.3 is 0 Å². The molecule has 0 aliphatic carbocycles. The second-order valence-electron chi connectivity index (χ2n) is 4.55. The van der Waals surface area contributed by atoms with Crippen LogP contribution in [0.2, 0.25) is 0 Å². The molecule has 0 aromatic heterocycles. The second-order valence-corrected chi connectivity index (χ2v) is 4.55. The number of phenols is 1. The van der Waals surface area contributed by atoms with E-state index in [1.165, 1.54) is 6.07 Å². The van der Waals surface area contributed by atoms with Crippen LogP contribution in [0.1, 0.15) is 37.6 Å². The number of rotatable bonds is 3. The number of benzene rings is 1. The van der Waals surface area contributed by atoms with Crippen molar-refractivity contribution >= 4 is 5.91 Å². The van der Waals surface area contributed by atoms with Crippen LogP contribution in [0.25, 0.3) is 0 Å². The third kappa shape index (κ3) is 2.35. The molecule has 0 radical (unpaired) electrons. The number of phenolic OH excluding ortho intramolecular Hbond substituents is 1. The maximum absolute atomic E-state index is 12.1. The summed E-state index contributed by atoms with van der Waals surface area (Å²) in [4.78, 5) is 13.8. The molecule has 0 aliphatic rings. The van der Waals surface area contributed by atoms with Gasteiger partial charge < -0.3 is 10.0 Å². The average molecular weight is 221 g/mol. The van der Waals surface area contributed by atoms with Crippen molar-refractivity contribution in [2.75, 3.05) is 7.05 Å². The van der Waals surface area contributed by atoms with E-state index in [0.29, 0.717) is 5.56 Å². The van der Waals surface area contributed by atoms with Crippen molar-refractivity contribution < 1.29 is 9.90 Å². The fourth-order valence-electron chi connectivity index (χ4n) is 1.35. The van der Waals surface area contributed by atoms with Gasteiger partial charge in [0.1, 0.15) is 5.75 Å². The standard InChI is InChI=1S/C13H19NO2/c1-5-13(2,3)14(4)12(16)10-8-6-7-9-11(10)15/h6-9,15H,5H2,1-4H3. The van der Waals surface area contributed by atoms with E-state index in [0.717, 1.165) is 6.42 Å². The van der Waals surface area contributed by atoms with Crippen molar-refractivity contribution in [3.05, 3.63) is 29.8 Å². The zero-order valence-corrected chi connectivity index (χ0v) is 10.3. The van der Waals surface area contributed by atoms with E-state index in [4.69, 9.17) is 0 Å². The Hall–Kier alpha value is -1.51. The molecule has 0 saturated heterocycles. The monoisotopic (exact) mass is 221 g/mol. The third-order valence-corrected chi connectivity index (χ3v) is 3.21. The van der Waals surface area contributed by atoms with Crippen molar-refractivity contribution in [1.29, 1.82) is 0 Å². The van der Waals surface area contributed by atoms with Crippen molar-refractivity contribution in [2.45, 2.75) is 32.7 Å². The molecule has 0 fully saturated rings. The molecule has 0 saturated carbocycles. The lowest BCUT2D eigenvalue weighted by molar-refractivity contribution is 0.0617. The molecular weight excluding hydrogens is 202 g/mol. The lowest BCUT2D eigenvalue weighted by Gasteiger charge is -2.35. The Labute approximate surface area is 96.7 Å². The zero-order valence-electron chi connectivity index (χ0n) is 10.3. The maximum atomic E-state index is 12.1. The topological polar surface area (TPSA) is 40.5 Å². The van der Waals surface area contributed by atoms with E-state index in [1.54, 1.807) is 30.1 Å². The highest BCUT2D eigenvalue weighted by atomic mass is 16.3. The summed E-state index contributed by atoms with van der Waals surface area (Å²) in [5, 5.41) is 9.62. The normalized spacial score (nSPS) is 11.2. The Bertz CT molecular complexity index is 385. The van der Waals surface area contributed by atoms with Crippen LogP contribution in [-0.4, -0.2) is 28.5 Å². The molecule has 0 atom stereocenters. The van der Waals surface area contributed by atoms with E-state index in [-0.39, 0.29) is 17.2 Å². The first-order valence-electron chi connectivity index (χ1n) is 5.46. The molecule has 0 spiro atoms. The predicted molar refractivity (Wildman–Crippen MR) is 64.6 cm³/mol. The molecule has 1 aromatic rings. The Morgan fingerprint density at radius 1 is 1.38 bits per heavy atom. The van der Waals surface area contributed by atoms with Crippen LogP contribution >= 0.6 is 0 Å². The van der Waals surface area contributed by atoms with Crippen LogP contribution in [0.4, 0.5) is 0 Å². The second kappa shape index (κ2) is 4.56. The van der Waals surface area contributed by atoms with E-state index in [2.05, 4.69) is 0 Å². The smallest absolute Gasteiger partial charge is 0.257 e. The zero-order chi connectivity index (χ0) is 12.3. The van der Waals surface area contributed by atoms with Gasteiger partial charge in [0.2, 0.25) is 0 Å². The first-order valence-corrected chi connectivity index (χ1v) is 5.46. The summed E-state index contributed by atoms with van der Waals surface area (Å²) in [7, 11) is 1.76. The number of hydrogen-bond donors (Lipinski definition) is 1. The average Bonchev–Trinajstić information content (AvgIpc) is 2.27. The molecule has 1 aromatic carbocycles. The summed E-state index contributed by atoms with van der Waals surface area (Å²) < 4.78 is 0. The quantitative estimate of drug-likeness (QED) is 0.852. The Morgan fingerprint density at radius 2 is 1.94 bits per heavy atom. The van der Waals surface area contributed by atoms with Crippen LogP contribution in [0, 0.1) is 0 Å². The molecule has 0 aliphatic heterocycles. The van der Waals surface area contributed by atoms with Gasteiger partial charge in [-0.3, -0.25) is 4.79 Å². The molecule has 0 heterocycles.